The fourth-order valence-corrected chi connectivity index (χ4v) is 2.66. The molecule has 3 rings (SSSR count). The van der Waals surface area contributed by atoms with E-state index in [2.05, 4.69) is 64.1 Å². The topological polar surface area (TPSA) is 9.23 Å². The Morgan fingerprint density at radius 2 is 1.44 bits per heavy atom. The highest BCUT2D eigenvalue weighted by molar-refractivity contribution is 5.77. The summed E-state index contributed by atoms with van der Waals surface area (Å²) in [6.07, 6.45) is 0. The van der Waals surface area contributed by atoms with Gasteiger partial charge in [0, 0.05) is 11.1 Å². The minimum Gasteiger partial charge on any atom is -0.482 e. The van der Waals surface area contributed by atoms with E-state index in [4.69, 9.17) is 4.74 Å². The van der Waals surface area contributed by atoms with E-state index in [0.29, 0.717) is 0 Å². The number of rotatable bonds is 0. The lowest BCUT2D eigenvalue weighted by molar-refractivity contribution is 0.105. The molecule has 1 nitrogen and oxygen atoms in total. The number of fused-ring (bicyclic) bond motifs is 3. The Kier molecular flexibility index (Phi) is 2.28. The summed E-state index contributed by atoms with van der Waals surface area (Å²) < 4.78 is 6.18. The van der Waals surface area contributed by atoms with Crippen molar-refractivity contribution in [2.24, 2.45) is 0 Å². The zero-order chi connectivity index (χ0) is 12.9. The van der Waals surface area contributed by atoms with Gasteiger partial charge >= 0.3 is 0 Å². The fraction of sp³-hybridized carbons (Fsp3) is 0.294. The van der Waals surface area contributed by atoms with E-state index < -0.39 is 0 Å². The molecule has 0 unspecified atom stereocenters. The van der Waals surface area contributed by atoms with Crippen LogP contribution >= 0.6 is 0 Å². The first kappa shape index (κ1) is 11.3. The van der Waals surface area contributed by atoms with Crippen molar-refractivity contribution in [3.8, 4) is 16.9 Å². The molecule has 0 aliphatic carbocycles. The summed E-state index contributed by atoms with van der Waals surface area (Å²) in [5, 5.41) is 0. The molecule has 0 spiro atoms. The van der Waals surface area contributed by atoms with Gasteiger partial charge in [-0.05, 0) is 44.9 Å². The first-order chi connectivity index (χ1) is 8.47. The molecule has 1 heterocycles. The largest absolute Gasteiger partial charge is 0.482 e. The summed E-state index contributed by atoms with van der Waals surface area (Å²) >= 11 is 0. The molecule has 0 saturated heterocycles. The molecule has 0 amide bonds. The van der Waals surface area contributed by atoms with Gasteiger partial charge < -0.3 is 4.74 Å². The van der Waals surface area contributed by atoms with Gasteiger partial charge in [0.1, 0.15) is 11.4 Å². The summed E-state index contributed by atoms with van der Waals surface area (Å²) in [4.78, 5) is 0. The first-order valence-corrected chi connectivity index (χ1v) is 6.38. The molecule has 0 N–H and O–H groups in total. The number of hydrogen-bond acceptors (Lipinski definition) is 1. The average Bonchev–Trinajstić information content (AvgIpc) is 2.28. The average molecular weight is 238 g/mol. The predicted molar refractivity (Wildman–Crippen MR) is 75.0 cm³/mol. The zero-order valence-corrected chi connectivity index (χ0v) is 11.4. The van der Waals surface area contributed by atoms with Crippen molar-refractivity contribution in [2.75, 3.05) is 0 Å². The van der Waals surface area contributed by atoms with Crippen molar-refractivity contribution in [1.29, 1.82) is 0 Å². The maximum Gasteiger partial charge on any atom is 0.129 e. The van der Waals surface area contributed by atoms with Crippen molar-refractivity contribution < 1.29 is 4.74 Å². The highest BCUT2D eigenvalue weighted by atomic mass is 16.5. The lowest BCUT2D eigenvalue weighted by Crippen LogP contribution is -2.29. The Bertz CT molecular complexity index is 624. The molecule has 0 atom stereocenters. The third-order valence-corrected chi connectivity index (χ3v) is 3.62. The van der Waals surface area contributed by atoms with Crippen LogP contribution in [0.4, 0.5) is 0 Å². The fourth-order valence-electron chi connectivity index (χ4n) is 2.66. The van der Waals surface area contributed by atoms with Crippen molar-refractivity contribution in [3.63, 3.8) is 0 Å². The predicted octanol–water partition coefficient (Wildman–Crippen LogP) is 4.60. The SMILES string of the molecule is Cc1ccc2c(c1)OC(C)(C)c1cc(C)ccc1-2. The normalized spacial score (nSPS) is 15.6. The summed E-state index contributed by atoms with van der Waals surface area (Å²) in [5.74, 6) is 0.997. The first-order valence-electron chi connectivity index (χ1n) is 6.38. The number of hydrogen-bond donors (Lipinski definition) is 0. The molecule has 1 heteroatoms. The van der Waals surface area contributed by atoms with Crippen LogP contribution in [0.25, 0.3) is 11.1 Å². The molecule has 2 aromatic rings. The second kappa shape index (κ2) is 3.61. The molecule has 0 bridgehead atoms. The lowest BCUT2D eigenvalue weighted by atomic mass is 9.85. The van der Waals surface area contributed by atoms with Gasteiger partial charge in [0.15, 0.2) is 0 Å². The second-order valence-electron chi connectivity index (χ2n) is 5.66. The molecule has 18 heavy (non-hydrogen) atoms. The van der Waals surface area contributed by atoms with Crippen LogP contribution in [0.15, 0.2) is 36.4 Å². The molecule has 92 valence electrons. The van der Waals surface area contributed by atoms with Crippen LogP contribution in [-0.4, -0.2) is 0 Å². The van der Waals surface area contributed by atoms with Crippen LogP contribution in [0.5, 0.6) is 5.75 Å². The van der Waals surface area contributed by atoms with Gasteiger partial charge in [-0.2, -0.15) is 0 Å². The van der Waals surface area contributed by atoms with Crippen LogP contribution in [0, 0.1) is 13.8 Å². The molecule has 1 aliphatic heterocycles. The quantitative estimate of drug-likeness (QED) is 0.652. The summed E-state index contributed by atoms with van der Waals surface area (Å²) in [7, 11) is 0. The smallest absolute Gasteiger partial charge is 0.129 e. The van der Waals surface area contributed by atoms with E-state index >= 15 is 0 Å². The summed E-state index contributed by atoms with van der Waals surface area (Å²) in [5.41, 5.74) is 6.03. The summed E-state index contributed by atoms with van der Waals surface area (Å²) in [6, 6.07) is 13.0. The van der Waals surface area contributed by atoms with E-state index in [9.17, 15) is 0 Å². The molecule has 2 aromatic carbocycles. The van der Waals surface area contributed by atoms with E-state index in [1.807, 2.05) is 0 Å². The van der Waals surface area contributed by atoms with Gasteiger partial charge in [0.05, 0.1) is 0 Å². The van der Waals surface area contributed by atoms with Gasteiger partial charge in [-0.25, -0.2) is 0 Å². The van der Waals surface area contributed by atoms with Crippen LogP contribution < -0.4 is 4.74 Å². The maximum absolute atomic E-state index is 6.18. The van der Waals surface area contributed by atoms with Gasteiger partial charge in [0.25, 0.3) is 0 Å². The van der Waals surface area contributed by atoms with Crippen LogP contribution in [0.3, 0.4) is 0 Å². The van der Waals surface area contributed by atoms with Crippen molar-refractivity contribution in [1.82, 2.24) is 0 Å². The van der Waals surface area contributed by atoms with E-state index in [0.717, 1.165) is 5.75 Å². The maximum atomic E-state index is 6.18. The zero-order valence-electron chi connectivity index (χ0n) is 11.4. The number of benzene rings is 2. The minimum absolute atomic E-state index is 0.262. The third kappa shape index (κ3) is 1.62. The Labute approximate surface area is 108 Å². The van der Waals surface area contributed by atoms with E-state index in [1.54, 1.807) is 0 Å². The molecule has 0 radical (unpaired) electrons. The third-order valence-electron chi connectivity index (χ3n) is 3.62. The minimum atomic E-state index is -0.262. The Balaban J connectivity index is 2.31. The molecule has 1 aliphatic rings. The van der Waals surface area contributed by atoms with E-state index in [-0.39, 0.29) is 5.60 Å². The van der Waals surface area contributed by atoms with Gasteiger partial charge in [-0.3, -0.25) is 0 Å². The highest BCUT2D eigenvalue weighted by Crippen LogP contribution is 2.45. The standard InChI is InChI=1S/C17H18O/c1-11-5-7-13-14-8-6-12(2)10-16(14)18-17(3,4)15(13)9-11/h5-10H,1-4H3. The molecular formula is C17H18O. The van der Waals surface area contributed by atoms with E-state index in [1.165, 1.54) is 27.8 Å². The molecule has 0 saturated carbocycles. The van der Waals surface area contributed by atoms with Gasteiger partial charge in [-0.15, -0.1) is 0 Å². The molecule has 0 aromatic heterocycles. The lowest BCUT2D eigenvalue weighted by Gasteiger charge is -2.35. The summed E-state index contributed by atoms with van der Waals surface area (Å²) in [6.45, 7) is 8.50. The monoisotopic (exact) mass is 238 g/mol. The second-order valence-corrected chi connectivity index (χ2v) is 5.66. The van der Waals surface area contributed by atoms with Crippen LogP contribution in [0.2, 0.25) is 0 Å². The van der Waals surface area contributed by atoms with Crippen molar-refractivity contribution in [3.05, 3.63) is 53.1 Å². The Morgan fingerprint density at radius 3 is 2.17 bits per heavy atom. The Hall–Kier alpha value is -1.76. The highest BCUT2D eigenvalue weighted by Gasteiger charge is 2.32. The molecular weight excluding hydrogens is 220 g/mol. The van der Waals surface area contributed by atoms with Crippen molar-refractivity contribution >= 4 is 0 Å². The number of ether oxygens (including phenoxy) is 1. The molecule has 0 fully saturated rings. The number of aryl methyl sites for hydroxylation is 2. The van der Waals surface area contributed by atoms with Gasteiger partial charge in [-0.1, -0.05) is 35.9 Å². The Morgan fingerprint density at radius 1 is 0.833 bits per heavy atom. The van der Waals surface area contributed by atoms with Crippen LogP contribution in [-0.2, 0) is 5.60 Å². The van der Waals surface area contributed by atoms with Crippen LogP contribution in [0.1, 0.15) is 30.5 Å². The van der Waals surface area contributed by atoms with Gasteiger partial charge in [0.2, 0.25) is 0 Å². The van der Waals surface area contributed by atoms with Crippen molar-refractivity contribution in [2.45, 2.75) is 33.3 Å².